The van der Waals surface area contributed by atoms with Gasteiger partial charge in [0.05, 0.1) is 4.92 Å². The fraction of sp³-hybridized carbons (Fsp3) is 0.368. The zero-order chi connectivity index (χ0) is 16.5. The number of hydrogen-bond acceptors (Lipinski definition) is 3. The van der Waals surface area contributed by atoms with Gasteiger partial charge in [0.15, 0.2) is 0 Å². The van der Waals surface area contributed by atoms with E-state index in [2.05, 4.69) is 24.4 Å². The Hall–Kier alpha value is -2.36. The molecule has 0 saturated heterocycles. The standard InChI is InChI=1S/C19H24N2O2/c1-2-3-4-5-6-15-20-18-11-7-16(8-12-18)17-9-13-19(14-10-17)21(22)23/h7-14,20H,2-6,15H2,1H3. The van der Waals surface area contributed by atoms with Crippen LogP contribution in [0.3, 0.4) is 0 Å². The summed E-state index contributed by atoms with van der Waals surface area (Å²) in [5.41, 5.74) is 3.29. The van der Waals surface area contributed by atoms with Crippen molar-refractivity contribution in [2.75, 3.05) is 11.9 Å². The highest BCUT2D eigenvalue weighted by atomic mass is 16.6. The van der Waals surface area contributed by atoms with E-state index in [1.165, 1.54) is 44.2 Å². The van der Waals surface area contributed by atoms with Gasteiger partial charge in [0.25, 0.3) is 5.69 Å². The molecule has 2 aromatic rings. The van der Waals surface area contributed by atoms with E-state index >= 15 is 0 Å². The molecule has 0 aliphatic heterocycles. The van der Waals surface area contributed by atoms with Crippen LogP contribution in [0.15, 0.2) is 48.5 Å². The van der Waals surface area contributed by atoms with E-state index in [9.17, 15) is 10.1 Å². The summed E-state index contributed by atoms with van der Waals surface area (Å²) in [4.78, 5) is 10.3. The predicted octanol–water partition coefficient (Wildman–Crippen LogP) is 5.64. The van der Waals surface area contributed by atoms with Gasteiger partial charge >= 0.3 is 0 Å². The Labute approximate surface area is 137 Å². The number of nitrogens with one attached hydrogen (secondary N) is 1. The van der Waals surface area contributed by atoms with Crippen molar-refractivity contribution in [1.82, 2.24) is 0 Å². The number of nitro benzene ring substituents is 1. The third-order valence-electron chi connectivity index (χ3n) is 3.91. The molecule has 122 valence electrons. The van der Waals surface area contributed by atoms with Crippen LogP contribution in [0.5, 0.6) is 0 Å². The van der Waals surface area contributed by atoms with Gasteiger partial charge in [-0.2, -0.15) is 0 Å². The Morgan fingerprint density at radius 1 is 0.870 bits per heavy atom. The largest absolute Gasteiger partial charge is 0.385 e. The van der Waals surface area contributed by atoms with Crippen LogP contribution in [-0.4, -0.2) is 11.5 Å². The molecule has 0 radical (unpaired) electrons. The van der Waals surface area contributed by atoms with Gasteiger partial charge in [0.1, 0.15) is 0 Å². The van der Waals surface area contributed by atoms with Gasteiger partial charge in [-0.3, -0.25) is 10.1 Å². The number of rotatable bonds is 9. The summed E-state index contributed by atoms with van der Waals surface area (Å²) in [6.07, 6.45) is 6.39. The van der Waals surface area contributed by atoms with Crippen molar-refractivity contribution < 1.29 is 4.92 Å². The average Bonchev–Trinajstić information content (AvgIpc) is 2.58. The van der Waals surface area contributed by atoms with E-state index in [0.29, 0.717) is 0 Å². The van der Waals surface area contributed by atoms with Crippen LogP contribution in [0.4, 0.5) is 11.4 Å². The van der Waals surface area contributed by atoms with E-state index in [0.717, 1.165) is 23.4 Å². The quantitative estimate of drug-likeness (QED) is 0.370. The van der Waals surface area contributed by atoms with Crippen LogP contribution in [0, 0.1) is 10.1 Å². The first-order valence-electron chi connectivity index (χ1n) is 8.29. The maximum absolute atomic E-state index is 10.7. The lowest BCUT2D eigenvalue weighted by Gasteiger charge is -2.08. The van der Waals surface area contributed by atoms with Gasteiger partial charge in [0, 0.05) is 24.4 Å². The van der Waals surface area contributed by atoms with E-state index in [1.54, 1.807) is 12.1 Å². The number of non-ortho nitro benzene ring substituents is 1. The molecule has 1 N–H and O–H groups in total. The lowest BCUT2D eigenvalue weighted by atomic mass is 10.1. The molecular weight excluding hydrogens is 288 g/mol. The molecule has 23 heavy (non-hydrogen) atoms. The first kappa shape index (κ1) is 17.0. The molecule has 0 fully saturated rings. The second-order valence-electron chi connectivity index (χ2n) is 5.72. The number of nitrogens with zero attached hydrogens (tertiary/aromatic N) is 1. The summed E-state index contributed by atoms with van der Waals surface area (Å²) in [6, 6.07) is 14.9. The van der Waals surface area contributed by atoms with Crippen molar-refractivity contribution in [2.45, 2.75) is 39.0 Å². The summed E-state index contributed by atoms with van der Waals surface area (Å²) < 4.78 is 0. The molecule has 4 nitrogen and oxygen atoms in total. The smallest absolute Gasteiger partial charge is 0.269 e. The Morgan fingerprint density at radius 2 is 1.43 bits per heavy atom. The predicted molar refractivity (Wildman–Crippen MR) is 95.8 cm³/mol. The minimum absolute atomic E-state index is 0.120. The van der Waals surface area contributed by atoms with Crippen molar-refractivity contribution in [3.63, 3.8) is 0 Å². The van der Waals surface area contributed by atoms with Gasteiger partial charge in [0.2, 0.25) is 0 Å². The Bertz CT molecular complexity index is 606. The molecule has 2 aromatic carbocycles. The minimum atomic E-state index is -0.378. The SMILES string of the molecule is CCCCCCCNc1ccc(-c2ccc([N+](=O)[O-])cc2)cc1. The second kappa shape index (κ2) is 8.93. The molecular formula is C19H24N2O2. The van der Waals surface area contributed by atoms with Gasteiger partial charge in [-0.1, -0.05) is 44.7 Å². The lowest BCUT2D eigenvalue weighted by molar-refractivity contribution is -0.384. The summed E-state index contributed by atoms with van der Waals surface area (Å²) in [6.45, 7) is 3.23. The first-order chi connectivity index (χ1) is 11.2. The Kier molecular flexibility index (Phi) is 6.60. The van der Waals surface area contributed by atoms with E-state index < -0.39 is 0 Å². The van der Waals surface area contributed by atoms with Crippen LogP contribution >= 0.6 is 0 Å². The molecule has 0 aliphatic carbocycles. The van der Waals surface area contributed by atoms with E-state index in [4.69, 9.17) is 0 Å². The summed E-state index contributed by atoms with van der Waals surface area (Å²) in [5.74, 6) is 0. The third-order valence-corrected chi connectivity index (χ3v) is 3.91. The normalized spacial score (nSPS) is 10.5. The van der Waals surface area contributed by atoms with Crippen molar-refractivity contribution in [2.24, 2.45) is 0 Å². The van der Waals surface area contributed by atoms with E-state index in [-0.39, 0.29) is 10.6 Å². The second-order valence-corrected chi connectivity index (χ2v) is 5.72. The fourth-order valence-electron chi connectivity index (χ4n) is 2.52. The molecule has 2 rings (SSSR count). The number of benzene rings is 2. The molecule has 0 heterocycles. The van der Waals surface area contributed by atoms with Crippen LogP contribution < -0.4 is 5.32 Å². The molecule has 0 atom stereocenters. The number of unbranched alkanes of at least 4 members (excludes halogenated alkanes) is 4. The molecule has 0 saturated carbocycles. The molecule has 0 aliphatic rings. The minimum Gasteiger partial charge on any atom is -0.385 e. The highest BCUT2D eigenvalue weighted by molar-refractivity contribution is 5.67. The third kappa shape index (κ3) is 5.40. The monoisotopic (exact) mass is 312 g/mol. The molecule has 0 aromatic heterocycles. The first-order valence-corrected chi connectivity index (χ1v) is 8.29. The van der Waals surface area contributed by atoms with Crippen molar-refractivity contribution in [3.05, 3.63) is 58.6 Å². The topological polar surface area (TPSA) is 55.2 Å². The number of nitro groups is 1. The van der Waals surface area contributed by atoms with Gasteiger partial charge in [-0.25, -0.2) is 0 Å². The maximum atomic E-state index is 10.7. The van der Waals surface area contributed by atoms with Crippen molar-refractivity contribution in [3.8, 4) is 11.1 Å². The molecule has 0 amide bonds. The van der Waals surface area contributed by atoms with Crippen LogP contribution in [0.1, 0.15) is 39.0 Å². The highest BCUT2D eigenvalue weighted by Crippen LogP contribution is 2.23. The Morgan fingerprint density at radius 3 is 2.00 bits per heavy atom. The molecule has 0 bridgehead atoms. The van der Waals surface area contributed by atoms with Gasteiger partial charge in [-0.15, -0.1) is 0 Å². The van der Waals surface area contributed by atoms with E-state index in [1.807, 2.05) is 12.1 Å². The summed E-state index contributed by atoms with van der Waals surface area (Å²) in [7, 11) is 0. The average molecular weight is 312 g/mol. The highest BCUT2D eigenvalue weighted by Gasteiger charge is 2.05. The molecule has 0 unspecified atom stereocenters. The number of anilines is 1. The molecule has 0 spiro atoms. The molecule has 4 heteroatoms. The Balaban J connectivity index is 1.85. The number of hydrogen-bond donors (Lipinski definition) is 1. The van der Waals surface area contributed by atoms with Crippen LogP contribution in [0.2, 0.25) is 0 Å². The lowest BCUT2D eigenvalue weighted by Crippen LogP contribution is -2.01. The fourth-order valence-corrected chi connectivity index (χ4v) is 2.52. The van der Waals surface area contributed by atoms with Gasteiger partial charge < -0.3 is 5.32 Å². The van der Waals surface area contributed by atoms with Crippen molar-refractivity contribution >= 4 is 11.4 Å². The van der Waals surface area contributed by atoms with Gasteiger partial charge in [-0.05, 0) is 41.8 Å². The zero-order valence-corrected chi connectivity index (χ0v) is 13.6. The van der Waals surface area contributed by atoms with Crippen LogP contribution in [0.25, 0.3) is 11.1 Å². The van der Waals surface area contributed by atoms with Crippen LogP contribution in [-0.2, 0) is 0 Å². The summed E-state index contributed by atoms with van der Waals surface area (Å²) >= 11 is 0. The zero-order valence-electron chi connectivity index (χ0n) is 13.6. The maximum Gasteiger partial charge on any atom is 0.269 e. The summed E-state index contributed by atoms with van der Waals surface area (Å²) in [5, 5.41) is 14.1. The van der Waals surface area contributed by atoms with Crippen molar-refractivity contribution in [1.29, 1.82) is 0 Å².